The van der Waals surface area contributed by atoms with E-state index in [0.717, 1.165) is 38.9 Å². The van der Waals surface area contributed by atoms with Gasteiger partial charge in [0.1, 0.15) is 0 Å². The van der Waals surface area contributed by atoms with Crippen molar-refractivity contribution in [1.29, 1.82) is 0 Å². The van der Waals surface area contributed by atoms with Crippen molar-refractivity contribution < 1.29 is 9.90 Å². The molecule has 1 aromatic carbocycles. The average Bonchev–Trinajstić information content (AvgIpc) is 2.56. The standard InChI is InChI=1S/C19H30N2O2/c1-19(2,15-22)20-18(23)17-10-13-21(14-11-17)12-6-9-16-7-4-3-5-8-16/h3-5,7-8,17,22H,6,9-15H2,1-2H3,(H,20,23). The Balaban J connectivity index is 1.66. The highest BCUT2D eigenvalue weighted by atomic mass is 16.3. The third kappa shape index (κ3) is 5.96. The molecule has 0 aliphatic carbocycles. The number of carbonyl (C=O) groups is 1. The first kappa shape index (κ1) is 18.0. The van der Waals surface area contributed by atoms with Gasteiger partial charge in [-0.15, -0.1) is 0 Å². The van der Waals surface area contributed by atoms with Gasteiger partial charge in [0.05, 0.1) is 12.1 Å². The number of aryl methyl sites for hydroxylation is 1. The number of nitrogens with zero attached hydrogens (tertiary/aromatic N) is 1. The van der Waals surface area contributed by atoms with Crippen LogP contribution in [0.2, 0.25) is 0 Å². The van der Waals surface area contributed by atoms with Gasteiger partial charge in [-0.2, -0.15) is 0 Å². The minimum Gasteiger partial charge on any atom is -0.394 e. The van der Waals surface area contributed by atoms with Gasteiger partial charge in [0.2, 0.25) is 5.91 Å². The van der Waals surface area contributed by atoms with E-state index in [0.29, 0.717) is 0 Å². The number of rotatable bonds is 7. The molecule has 0 spiro atoms. The molecule has 23 heavy (non-hydrogen) atoms. The number of benzene rings is 1. The van der Waals surface area contributed by atoms with E-state index in [-0.39, 0.29) is 18.4 Å². The minimum atomic E-state index is -0.524. The van der Waals surface area contributed by atoms with Gasteiger partial charge in [-0.25, -0.2) is 0 Å². The lowest BCUT2D eigenvalue weighted by atomic mass is 9.94. The van der Waals surface area contributed by atoms with Gasteiger partial charge in [0.15, 0.2) is 0 Å². The van der Waals surface area contributed by atoms with Crippen molar-refractivity contribution in [3.05, 3.63) is 35.9 Å². The summed E-state index contributed by atoms with van der Waals surface area (Å²) in [6, 6.07) is 10.6. The van der Waals surface area contributed by atoms with Gasteiger partial charge < -0.3 is 15.3 Å². The van der Waals surface area contributed by atoms with Crippen molar-refractivity contribution in [1.82, 2.24) is 10.2 Å². The molecule has 2 N–H and O–H groups in total. The molecule has 1 heterocycles. The second-order valence-electron chi connectivity index (χ2n) is 7.24. The molecule has 2 rings (SSSR count). The van der Waals surface area contributed by atoms with Crippen LogP contribution >= 0.6 is 0 Å². The lowest BCUT2D eigenvalue weighted by Gasteiger charge is -2.33. The molecule has 1 amide bonds. The van der Waals surface area contributed by atoms with Crippen LogP contribution < -0.4 is 5.32 Å². The smallest absolute Gasteiger partial charge is 0.223 e. The molecule has 0 radical (unpaired) electrons. The zero-order chi connectivity index (χ0) is 16.7. The van der Waals surface area contributed by atoms with Crippen molar-refractivity contribution in [2.75, 3.05) is 26.2 Å². The fourth-order valence-electron chi connectivity index (χ4n) is 3.05. The van der Waals surface area contributed by atoms with E-state index < -0.39 is 5.54 Å². The Morgan fingerprint density at radius 3 is 2.52 bits per heavy atom. The summed E-state index contributed by atoms with van der Waals surface area (Å²) in [5.74, 6) is 0.180. The summed E-state index contributed by atoms with van der Waals surface area (Å²) in [7, 11) is 0. The summed E-state index contributed by atoms with van der Waals surface area (Å²) < 4.78 is 0. The second-order valence-corrected chi connectivity index (χ2v) is 7.24. The molecule has 128 valence electrons. The Labute approximate surface area is 139 Å². The average molecular weight is 318 g/mol. The normalized spacial score (nSPS) is 17.2. The third-order valence-corrected chi connectivity index (χ3v) is 4.60. The van der Waals surface area contributed by atoms with E-state index in [2.05, 4.69) is 40.5 Å². The summed E-state index contributed by atoms with van der Waals surface area (Å²) in [5, 5.41) is 12.2. The second kappa shape index (κ2) is 8.46. The predicted molar refractivity (Wildman–Crippen MR) is 93.2 cm³/mol. The quantitative estimate of drug-likeness (QED) is 0.810. The van der Waals surface area contributed by atoms with E-state index in [1.807, 2.05) is 13.8 Å². The zero-order valence-corrected chi connectivity index (χ0v) is 14.4. The van der Waals surface area contributed by atoms with Gasteiger partial charge in [-0.1, -0.05) is 30.3 Å². The highest BCUT2D eigenvalue weighted by Crippen LogP contribution is 2.19. The zero-order valence-electron chi connectivity index (χ0n) is 14.4. The number of piperidine rings is 1. The molecule has 1 saturated heterocycles. The van der Waals surface area contributed by atoms with Crippen molar-refractivity contribution in [2.45, 2.75) is 45.1 Å². The first-order valence-electron chi connectivity index (χ1n) is 8.69. The van der Waals surface area contributed by atoms with Crippen molar-refractivity contribution in [3.63, 3.8) is 0 Å². The highest BCUT2D eigenvalue weighted by Gasteiger charge is 2.28. The maximum atomic E-state index is 12.2. The number of amides is 1. The summed E-state index contributed by atoms with van der Waals surface area (Å²) in [4.78, 5) is 14.7. The Kier molecular flexibility index (Phi) is 6.60. The minimum absolute atomic E-state index is 0.0307. The highest BCUT2D eigenvalue weighted by molar-refractivity contribution is 5.79. The van der Waals surface area contributed by atoms with Gasteiger partial charge >= 0.3 is 0 Å². The molecule has 4 heteroatoms. The summed E-state index contributed by atoms with van der Waals surface area (Å²) in [6.07, 6.45) is 4.11. The van der Waals surface area contributed by atoms with Gasteiger partial charge in [0.25, 0.3) is 0 Å². The van der Waals surface area contributed by atoms with E-state index in [9.17, 15) is 9.90 Å². The Morgan fingerprint density at radius 1 is 1.26 bits per heavy atom. The lowest BCUT2D eigenvalue weighted by molar-refractivity contribution is -0.128. The molecule has 1 aliphatic rings. The fraction of sp³-hybridized carbons (Fsp3) is 0.632. The SMILES string of the molecule is CC(C)(CO)NC(=O)C1CCN(CCCc2ccccc2)CC1. The maximum absolute atomic E-state index is 12.2. The summed E-state index contributed by atoms with van der Waals surface area (Å²) in [5.41, 5.74) is 0.872. The Bertz CT molecular complexity index is 479. The van der Waals surface area contributed by atoms with E-state index in [1.165, 1.54) is 12.0 Å². The van der Waals surface area contributed by atoms with Crippen LogP contribution in [0.15, 0.2) is 30.3 Å². The number of carbonyl (C=O) groups excluding carboxylic acids is 1. The molecule has 0 atom stereocenters. The van der Waals surface area contributed by atoms with Crippen molar-refractivity contribution in [3.8, 4) is 0 Å². The molecule has 0 saturated carbocycles. The molecule has 1 aliphatic heterocycles. The first-order chi connectivity index (χ1) is 11.0. The lowest BCUT2D eigenvalue weighted by Crippen LogP contribution is -2.50. The number of nitrogens with one attached hydrogen (secondary N) is 1. The summed E-state index contributed by atoms with van der Waals surface area (Å²) in [6.45, 7) is 6.76. The van der Waals surface area contributed by atoms with Gasteiger partial charge in [-0.3, -0.25) is 4.79 Å². The van der Waals surface area contributed by atoms with E-state index >= 15 is 0 Å². The molecule has 1 aromatic rings. The summed E-state index contributed by atoms with van der Waals surface area (Å²) >= 11 is 0. The van der Waals surface area contributed by atoms with Crippen LogP contribution in [0.25, 0.3) is 0 Å². The molecule has 0 unspecified atom stereocenters. The molecule has 1 fully saturated rings. The van der Waals surface area contributed by atoms with Crippen molar-refractivity contribution in [2.24, 2.45) is 5.92 Å². The molecule has 0 aromatic heterocycles. The number of aliphatic hydroxyl groups excluding tert-OH is 1. The topological polar surface area (TPSA) is 52.6 Å². The first-order valence-corrected chi connectivity index (χ1v) is 8.69. The van der Waals surface area contributed by atoms with Crippen LogP contribution in [-0.4, -0.2) is 47.7 Å². The van der Waals surface area contributed by atoms with Crippen LogP contribution in [0.5, 0.6) is 0 Å². The van der Waals surface area contributed by atoms with E-state index in [1.54, 1.807) is 0 Å². The number of likely N-dealkylation sites (tertiary alicyclic amines) is 1. The third-order valence-electron chi connectivity index (χ3n) is 4.60. The molecular formula is C19H30N2O2. The maximum Gasteiger partial charge on any atom is 0.223 e. The van der Waals surface area contributed by atoms with Crippen LogP contribution in [0.4, 0.5) is 0 Å². The molecular weight excluding hydrogens is 288 g/mol. The van der Waals surface area contributed by atoms with Gasteiger partial charge in [-0.05, 0) is 64.7 Å². The van der Waals surface area contributed by atoms with Crippen LogP contribution in [0, 0.1) is 5.92 Å². The van der Waals surface area contributed by atoms with Crippen LogP contribution in [-0.2, 0) is 11.2 Å². The number of hydrogen-bond donors (Lipinski definition) is 2. The number of hydrogen-bond acceptors (Lipinski definition) is 3. The molecule has 0 bridgehead atoms. The van der Waals surface area contributed by atoms with Crippen LogP contribution in [0.1, 0.15) is 38.7 Å². The van der Waals surface area contributed by atoms with E-state index in [4.69, 9.17) is 0 Å². The predicted octanol–water partition coefficient (Wildman–Crippen LogP) is 2.22. The number of aliphatic hydroxyl groups is 1. The van der Waals surface area contributed by atoms with Crippen LogP contribution in [0.3, 0.4) is 0 Å². The van der Waals surface area contributed by atoms with Gasteiger partial charge in [0, 0.05) is 5.92 Å². The Morgan fingerprint density at radius 2 is 1.91 bits per heavy atom. The Hall–Kier alpha value is -1.39. The fourth-order valence-corrected chi connectivity index (χ4v) is 3.05. The van der Waals surface area contributed by atoms with Crippen molar-refractivity contribution >= 4 is 5.91 Å². The monoisotopic (exact) mass is 318 g/mol. The largest absolute Gasteiger partial charge is 0.394 e. The molecule has 4 nitrogen and oxygen atoms in total.